The number of benzene rings is 1. The molecule has 1 aromatic carbocycles. The van der Waals surface area contributed by atoms with Gasteiger partial charge in [0.1, 0.15) is 11.3 Å². The minimum absolute atomic E-state index is 0.378. The molecule has 0 amide bonds. The van der Waals surface area contributed by atoms with E-state index in [1.807, 2.05) is 6.07 Å². The first kappa shape index (κ1) is 12.2. The van der Waals surface area contributed by atoms with Gasteiger partial charge >= 0.3 is 0 Å². The normalized spacial score (nSPS) is 17.9. The topological polar surface area (TPSA) is 25.2 Å². The summed E-state index contributed by atoms with van der Waals surface area (Å²) >= 11 is 3.55. The summed E-state index contributed by atoms with van der Waals surface area (Å²) in [4.78, 5) is 0. The van der Waals surface area contributed by atoms with Crippen LogP contribution in [0, 0.1) is 5.92 Å². The van der Waals surface area contributed by atoms with Crippen LogP contribution < -0.4 is 5.32 Å². The maximum absolute atomic E-state index is 6.06. The van der Waals surface area contributed by atoms with Crippen LogP contribution in [-0.2, 0) is 0 Å². The molecular weight excluding hydrogens is 290 g/mol. The monoisotopic (exact) mass is 307 g/mol. The van der Waals surface area contributed by atoms with Crippen LogP contribution in [0.3, 0.4) is 0 Å². The summed E-state index contributed by atoms with van der Waals surface area (Å²) in [7, 11) is 0. The van der Waals surface area contributed by atoms with Gasteiger partial charge in [0.25, 0.3) is 0 Å². The average Bonchev–Trinajstić information content (AvgIpc) is 2.71. The maximum Gasteiger partial charge on any atom is 0.148 e. The number of hydrogen-bond acceptors (Lipinski definition) is 2. The maximum atomic E-state index is 6.06. The Morgan fingerprint density at radius 3 is 2.89 bits per heavy atom. The summed E-state index contributed by atoms with van der Waals surface area (Å²) in [5.41, 5.74) is 0.967. The molecule has 1 aliphatic rings. The molecular formula is C15H18BrNO. The van der Waals surface area contributed by atoms with Gasteiger partial charge in [0.15, 0.2) is 0 Å². The molecule has 2 aromatic rings. The molecule has 1 heterocycles. The van der Waals surface area contributed by atoms with Crippen LogP contribution in [0.5, 0.6) is 0 Å². The van der Waals surface area contributed by atoms with E-state index in [1.54, 1.807) is 0 Å². The highest BCUT2D eigenvalue weighted by Gasteiger charge is 2.30. The van der Waals surface area contributed by atoms with Gasteiger partial charge in [0, 0.05) is 5.39 Å². The first-order valence-corrected chi connectivity index (χ1v) is 7.50. The molecule has 1 atom stereocenters. The molecule has 2 nitrogen and oxygen atoms in total. The van der Waals surface area contributed by atoms with Crippen LogP contribution in [-0.4, -0.2) is 6.54 Å². The lowest BCUT2D eigenvalue weighted by Crippen LogP contribution is -2.31. The van der Waals surface area contributed by atoms with Crippen molar-refractivity contribution in [1.82, 2.24) is 5.32 Å². The molecule has 1 aliphatic carbocycles. The summed E-state index contributed by atoms with van der Waals surface area (Å²) in [6.07, 6.45) is 3.99. The van der Waals surface area contributed by atoms with E-state index in [1.165, 1.54) is 24.6 Å². The fourth-order valence-corrected chi connectivity index (χ4v) is 3.16. The molecule has 0 bridgehead atoms. The Labute approximate surface area is 116 Å². The molecule has 1 unspecified atom stereocenters. The van der Waals surface area contributed by atoms with Crippen molar-refractivity contribution in [3.63, 3.8) is 0 Å². The Bertz CT molecular complexity index is 544. The number of hydrogen-bond donors (Lipinski definition) is 1. The molecule has 1 N–H and O–H groups in total. The van der Waals surface area contributed by atoms with Gasteiger partial charge in [-0.1, -0.05) is 25.5 Å². The summed E-state index contributed by atoms with van der Waals surface area (Å²) in [5.74, 6) is 1.83. The second kappa shape index (κ2) is 5.06. The Hall–Kier alpha value is -0.800. The molecule has 0 radical (unpaired) electrons. The van der Waals surface area contributed by atoms with Crippen LogP contribution in [0.2, 0.25) is 0 Å². The van der Waals surface area contributed by atoms with Crippen LogP contribution in [0.25, 0.3) is 11.0 Å². The number of rotatable bonds is 4. The lowest BCUT2D eigenvalue weighted by molar-refractivity contribution is 0.212. The number of nitrogens with one attached hydrogen (secondary N) is 1. The molecule has 18 heavy (non-hydrogen) atoms. The van der Waals surface area contributed by atoms with Gasteiger partial charge < -0.3 is 9.73 Å². The average molecular weight is 308 g/mol. The zero-order chi connectivity index (χ0) is 12.5. The van der Waals surface area contributed by atoms with E-state index < -0.39 is 0 Å². The fraction of sp³-hybridized carbons (Fsp3) is 0.467. The predicted molar refractivity (Wildman–Crippen MR) is 77.7 cm³/mol. The van der Waals surface area contributed by atoms with E-state index in [0.29, 0.717) is 6.04 Å². The van der Waals surface area contributed by atoms with Gasteiger partial charge in [0.05, 0.1) is 10.5 Å². The van der Waals surface area contributed by atoms with Gasteiger partial charge in [-0.25, -0.2) is 0 Å². The van der Waals surface area contributed by atoms with Crippen molar-refractivity contribution in [3.8, 4) is 0 Å². The van der Waals surface area contributed by atoms with Gasteiger partial charge in [-0.2, -0.15) is 0 Å². The lowest BCUT2D eigenvalue weighted by Gasteiger charge is -2.32. The first-order chi connectivity index (χ1) is 8.79. The van der Waals surface area contributed by atoms with Crippen LogP contribution in [0.1, 0.15) is 38.0 Å². The Morgan fingerprint density at radius 1 is 1.44 bits per heavy atom. The highest BCUT2D eigenvalue weighted by atomic mass is 79.9. The fourth-order valence-electron chi connectivity index (χ4n) is 2.69. The summed E-state index contributed by atoms with van der Waals surface area (Å²) < 4.78 is 7.10. The van der Waals surface area contributed by atoms with Crippen molar-refractivity contribution in [1.29, 1.82) is 0 Å². The minimum Gasteiger partial charge on any atom is -0.458 e. The molecule has 0 saturated heterocycles. The van der Waals surface area contributed by atoms with Crippen LogP contribution in [0.4, 0.5) is 0 Å². The van der Waals surface area contributed by atoms with Crippen molar-refractivity contribution < 1.29 is 4.42 Å². The van der Waals surface area contributed by atoms with Crippen molar-refractivity contribution >= 4 is 26.9 Å². The minimum atomic E-state index is 0.378. The van der Waals surface area contributed by atoms with E-state index >= 15 is 0 Å². The molecule has 1 aromatic heterocycles. The Balaban J connectivity index is 1.98. The Morgan fingerprint density at radius 2 is 2.28 bits per heavy atom. The van der Waals surface area contributed by atoms with Gasteiger partial charge in [0.2, 0.25) is 0 Å². The molecule has 3 rings (SSSR count). The molecule has 1 fully saturated rings. The quantitative estimate of drug-likeness (QED) is 0.889. The third kappa shape index (κ3) is 2.10. The number of halogens is 1. The van der Waals surface area contributed by atoms with Gasteiger partial charge in [-0.3, -0.25) is 0 Å². The summed E-state index contributed by atoms with van der Waals surface area (Å²) in [6.45, 7) is 3.14. The van der Waals surface area contributed by atoms with Crippen LogP contribution >= 0.6 is 15.9 Å². The largest absolute Gasteiger partial charge is 0.458 e. The Kier molecular flexibility index (Phi) is 3.44. The highest BCUT2D eigenvalue weighted by Crippen LogP contribution is 2.40. The smallest absolute Gasteiger partial charge is 0.148 e. The first-order valence-electron chi connectivity index (χ1n) is 6.71. The van der Waals surface area contributed by atoms with E-state index in [2.05, 4.69) is 46.4 Å². The van der Waals surface area contributed by atoms with Crippen molar-refractivity contribution in [2.24, 2.45) is 5.92 Å². The number of furan rings is 1. The van der Waals surface area contributed by atoms with E-state index in [9.17, 15) is 0 Å². The molecule has 0 aliphatic heterocycles. The zero-order valence-electron chi connectivity index (χ0n) is 10.6. The highest BCUT2D eigenvalue weighted by molar-refractivity contribution is 9.10. The van der Waals surface area contributed by atoms with Crippen LogP contribution in [0.15, 0.2) is 33.2 Å². The number of fused-ring (bicyclic) bond motifs is 1. The summed E-state index contributed by atoms with van der Waals surface area (Å²) in [5, 5.41) is 4.75. The van der Waals surface area contributed by atoms with E-state index in [4.69, 9.17) is 4.42 Å². The SMILES string of the molecule is CCNC(c1cc2cccc(Br)c2o1)C1CCC1. The standard InChI is InChI=1S/C15H18BrNO/c1-2-17-14(10-5-3-6-10)13-9-11-7-4-8-12(16)15(11)18-13/h4,7-10,14,17H,2-3,5-6H2,1H3. The van der Waals surface area contributed by atoms with E-state index in [-0.39, 0.29) is 0 Å². The third-order valence-electron chi connectivity index (χ3n) is 3.87. The second-order valence-corrected chi connectivity index (χ2v) is 5.89. The molecule has 0 spiro atoms. The second-order valence-electron chi connectivity index (χ2n) is 5.03. The summed E-state index contributed by atoms with van der Waals surface area (Å²) in [6, 6.07) is 8.75. The van der Waals surface area contributed by atoms with Crippen molar-refractivity contribution in [3.05, 3.63) is 34.5 Å². The van der Waals surface area contributed by atoms with Gasteiger partial charge in [-0.05, 0) is 53.4 Å². The predicted octanol–water partition coefficient (Wildman–Crippen LogP) is 4.65. The zero-order valence-corrected chi connectivity index (χ0v) is 12.2. The molecule has 3 heteroatoms. The van der Waals surface area contributed by atoms with Crippen molar-refractivity contribution in [2.45, 2.75) is 32.2 Å². The molecule has 1 saturated carbocycles. The molecule has 96 valence electrons. The lowest BCUT2D eigenvalue weighted by atomic mass is 9.79. The van der Waals surface area contributed by atoms with Crippen molar-refractivity contribution in [2.75, 3.05) is 6.54 Å². The van der Waals surface area contributed by atoms with Gasteiger partial charge in [-0.15, -0.1) is 0 Å². The third-order valence-corrected chi connectivity index (χ3v) is 4.49. The number of para-hydroxylation sites is 1. The van der Waals surface area contributed by atoms with E-state index in [0.717, 1.165) is 28.3 Å².